The van der Waals surface area contributed by atoms with Crippen LogP contribution in [0, 0.1) is 5.92 Å². The van der Waals surface area contributed by atoms with Crippen molar-refractivity contribution in [3.05, 3.63) is 20.8 Å². The van der Waals surface area contributed by atoms with Gasteiger partial charge in [0.1, 0.15) is 0 Å². The number of nitrogens with one attached hydrogen (secondary N) is 1. The van der Waals surface area contributed by atoms with E-state index in [2.05, 4.69) is 40.3 Å². The van der Waals surface area contributed by atoms with Crippen molar-refractivity contribution in [2.24, 2.45) is 5.92 Å². The summed E-state index contributed by atoms with van der Waals surface area (Å²) in [5, 5.41) is 3.63. The Kier molecular flexibility index (Phi) is 5.42. The molecule has 0 aromatic carbocycles. The van der Waals surface area contributed by atoms with Crippen molar-refractivity contribution in [3.63, 3.8) is 0 Å². The van der Waals surface area contributed by atoms with Crippen LogP contribution in [0.5, 0.6) is 0 Å². The molecule has 1 saturated heterocycles. The summed E-state index contributed by atoms with van der Waals surface area (Å²) < 4.78 is 1.18. The van der Waals surface area contributed by atoms with Gasteiger partial charge in [0, 0.05) is 37.0 Å². The van der Waals surface area contributed by atoms with Crippen LogP contribution in [0.15, 0.2) is 15.9 Å². The van der Waals surface area contributed by atoms with Crippen molar-refractivity contribution in [1.29, 1.82) is 0 Å². The summed E-state index contributed by atoms with van der Waals surface area (Å²) in [6.45, 7) is 6.87. The van der Waals surface area contributed by atoms with Crippen molar-refractivity contribution >= 4 is 33.2 Å². The Morgan fingerprint density at radius 3 is 2.95 bits per heavy atom. The number of thiophene rings is 1. The molecular formula is C14H21BrN2OS. The highest BCUT2D eigenvalue weighted by molar-refractivity contribution is 9.11. The minimum absolute atomic E-state index is 0.285. The SMILES string of the molecule is CCC(=O)N1CC[C@H](NCc2ccc(Br)s2)[C@@H](C)C1. The zero-order chi connectivity index (χ0) is 13.8. The van der Waals surface area contributed by atoms with Gasteiger partial charge < -0.3 is 10.2 Å². The third-order valence-corrected chi connectivity index (χ3v) is 5.35. The Labute approximate surface area is 127 Å². The first-order valence-corrected chi connectivity index (χ1v) is 8.46. The molecule has 1 aromatic rings. The van der Waals surface area contributed by atoms with Crippen LogP contribution in [0.4, 0.5) is 0 Å². The number of likely N-dealkylation sites (tertiary alicyclic amines) is 1. The van der Waals surface area contributed by atoms with E-state index in [0.717, 1.165) is 26.1 Å². The predicted octanol–water partition coefficient (Wildman–Crippen LogP) is 3.25. The van der Waals surface area contributed by atoms with Crippen molar-refractivity contribution in [1.82, 2.24) is 10.2 Å². The molecule has 5 heteroatoms. The average molecular weight is 345 g/mol. The summed E-state index contributed by atoms with van der Waals surface area (Å²) in [5.74, 6) is 0.806. The van der Waals surface area contributed by atoms with Crippen LogP contribution in [-0.2, 0) is 11.3 Å². The topological polar surface area (TPSA) is 32.3 Å². The van der Waals surface area contributed by atoms with Crippen LogP contribution >= 0.6 is 27.3 Å². The Bertz CT molecular complexity index is 435. The summed E-state index contributed by atoms with van der Waals surface area (Å²) in [5.41, 5.74) is 0. The van der Waals surface area contributed by atoms with E-state index in [1.54, 1.807) is 11.3 Å². The van der Waals surface area contributed by atoms with Crippen LogP contribution < -0.4 is 5.32 Å². The fourth-order valence-electron chi connectivity index (χ4n) is 2.58. The van der Waals surface area contributed by atoms with Crippen LogP contribution in [-0.4, -0.2) is 29.9 Å². The van der Waals surface area contributed by atoms with Crippen molar-refractivity contribution in [3.8, 4) is 0 Å². The molecule has 1 aromatic heterocycles. The van der Waals surface area contributed by atoms with E-state index in [4.69, 9.17) is 0 Å². The number of halogens is 1. The molecule has 2 heterocycles. The van der Waals surface area contributed by atoms with Crippen LogP contribution in [0.3, 0.4) is 0 Å². The largest absolute Gasteiger partial charge is 0.342 e. The molecule has 106 valence electrons. The molecule has 3 nitrogen and oxygen atoms in total. The summed E-state index contributed by atoms with van der Waals surface area (Å²) in [4.78, 5) is 15.1. The lowest BCUT2D eigenvalue weighted by Gasteiger charge is -2.37. The summed E-state index contributed by atoms with van der Waals surface area (Å²) >= 11 is 5.26. The quantitative estimate of drug-likeness (QED) is 0.909. The van der Waals surface area contributed by atoms with E-state index in [-0.39, 0.29) is 5.91 Å². The van der Waals surface area contributed by atoms with Gasteiger partial charge in [0.05, 0.1) is 3.79 Å². The van der Waals surface area contributed by atoms with Crippen molar-refractivity contribution in [2.45, 2.75) is 39.3 Å². The lowest BCUT2D eigenvalue weighted by atomic mass is 9.93. The zero-order valence-electron chi connectivity index (χ0n) is 11.5. The fourth-order valence-corrected chi connectivity index (χ4v) is 4.01. The first kappa shape index (κ1) is 15.0. The van der Waals surface area contributed by atoms with E-state index in [1.165, 1.54) is 8.66 Å². The number of hydrogen-bond donors (Lipinski definition) is 1. The molecule has 1 amide bonds. The second-order valence-electron chi connectivity index (χ2n) is 5.15. The van der Waals surface area contributed by atoms with Gasteiger partial charge in [-0.05, 0) is 40.4 Å². The Hall–Kier alpha value is -0.390. The molecule has 1 fully saturated rings. The minimum Gasteiger partial charge on any atom is -0.342 e. The molecule has 2 atom stereocenters. The van der Waals surface area contributed by atoms with E-state index in [1.807, 2.05) is 11.8 Å². The highest BCUT2D eigenvalue weighted by Crippen LogP contribution is 2.23. The molecular weight excluding hydrogens is 324 g/mol. The van der Waals surface area contributed by atoms with Crippen LogP contribution in [0.2, 0.25) is 0 Å². The number of amides is 1. The number of nitrogens with zero attached hydrogens (tertiary/aromatic N) is 1. The molecule has 1 N–H and O–H groups in total. The van der Waals surface area contributed by atoms with Gasteiger partial charge >= 0.3 is 0 Å². The number of carbonyl (C=O) groups is 1. The van der Waals surface area contributed by atoms with Gasteiger partial charge in [0.15, 0.2) is 0 Å². The fraction of sp³-hybridized carbons (Fsp3) is 0.643. The van der Waals surface area contributed by atoms with E-state index >= 15 is 0 Å². The third-order valence-electron chi connectivity index (χ3n) is 3.73. The normalized spacial score (nSPS) is 23.6. The lowest BCUT2D eigenvalue weighted by molar-refractivity contribution is -0.132. The number of hydrogen-bond acceptors (Lipinski definition) is 3. The molecule has 1 aliphatic rings. The molecule has 0 bridgehead atoms. The van der Waals surface area contributed by atoms with Crippen molar-refractivity contribution in [2.75, 3.05) is 13.1 Å². The second kappa shape index (κ2) is 6.86. The van der Waals surface area contributed by atoms with Crippen molar-refractivity contribution < 1.29 is 4.79 Å². The third kappa shape index (κ3) is 4.04. The van der Waals surface area contributed by atoms with Crippen LogP contribution in [0.1, 0.15) is 31.6 Å². The van der Waals surface area contributed by atoms with Gasteiger partial charge in [-0.15, -0.1) is 11.3 Å². The van der Waals surface area contributed by atoms with Crippen LogP contribution in [0.25, 0.3) is 0 Å². The van der Waals surface area contributed by atoms with E-state index in [9.17, 15) is 4.79 Å². The maximum atomic E-state index is 11.7. The van der Waals surface area contributed by atoms with Gasteiger partial charge in [-0.1, -0.05) is 13.8 Å². The Morgan fingerprint density at radius 2 is 2.37 bits per heavy atom. The molecule has 0 saturated carbocycles. The minimum atomic E-state index is 0.285. The molecule has 2 rings (SSSR count). The molecule has 0 unspecified atom stereocenters. The monoisotopic (exact) mass is 344 g/mol. The smallest absolute Gasteiger partial charge is 0.222 e. The summed E-state index contributed by atoms with van der Waals surface area (Å²) in [6, 6.07) is 4.76. The van der Waals surface area contributed by atoms with Gasteiger partial charge in [0.2, 0.25) is 5.91 Å². The lowest BCUT2D eigenvalue weighted by Crippen LogP contribution is -2.49. The standard InChI is InChI=1S/C14H21BrN2OS/c1-3-14(18)17-7-6-12(10(2)9-17)16-8-11-4-5-13(15)19-11/h4-5,10,12,16H,3,6-9H2,1-2H3/t10-,12-/m0/s1. The number of rotatable bonds is 4. The number of carbonyl (C=O) groups excluding carboxylic acids is 1. The highest BCUT2D eigenvalue weighted by atomic mass is 79.9. The molecule has 0 aliphatic carbocycles. The molecule has 0 radical (unpaired) electrons. The zero-order valence-corrected chi connectivity index (χ0v) is 13.9. The predicted molar refractivity (Wildman–Crippen MR) is 83.3 cm³/mol. The summed E-state index contributed by atoms with van der Waals surface area (Å²) in [7, 11) is 0. The van der Waals surface area contributed by atoms with Gasteiger partial charge in [-0.2, -0.15) is 0 Å². The molecule has 1 aliphatic heterocycles. The Balaban J connectivity index is 1.81. The maximum absolute atomic E-state index is 11.7. The first-order valence-electron chi connectivity index (χ1n) is 6.85. The first-order chi connectivity index (χ1) is 9.10. The van der Waals surface area contributed by atoms with Gasteiger partial charge in [-0.3, -0.25) is 4.79 Å². The van der Waals surface area contributed by atoms with E-state index in [0.29, 0.717) is 18.4 Å². The maximum Gasteiger partial charge on any atom is 0.222 e. The van der Waals surface area contributed by atoms with Gasteiger partial charge in [-0.25, -0.2) is 0 Å². The number of piperidine rings is 1. The average Bonchev–Trinajstić information content (AvgIpc) is 2.82. The highest BCUT2D eigenvalue weighted by Gasteiger charge is 2.27. The Morgan fingerprint density at radius 1 is 1.58 bits per heavy atom. The van der Waals surface area contributed by atoms with Gasteiger partial charge in [0.25, 0.3) is 0 Å². The molecule has 19 heavy (non-hydrogen) atoms. The summed E-state index contributed by atoms with van der Waals surface area (Å²) in [6.07, 6.45) is 1.67. The van der Waals surface area contributed by atoms with E-state index < -0.39 is 0 Å². The second-order valence-corrected chi connectivity index (χ2v) is 7.70. The molecule has 0 spiro atoms.